The van der Waals surface area contributed by atoms with E-state index in [-0.39, 0.29) is 5.97 Å². The summed E-state index contributed by atoms with van der Waals surface area (Å²) in [6.45, 7) is 1.35. The molecular formula is C14H14N2O3. The van der Waals surface area contributed by atoms with Crippen LogP contribution in [0.1, 0.15) is 22.5 Å². The Morgan fingerprint density at radius 2 is 2.37 bits per heavy atom. The number of esters is 1. The fraction of sp³-hybridized carbons (Fsp3) is 0.286. The van der Waals surface area contributed by atoms with E-state index >= 15 is 0 Å². The van der Waals surface area contributed by atoms with Crippen LogP contribution in [-0.4, -0.2) is 36.5 Å². The monoisotopic (exact) mass is 258 g/mol. The van der Waals surface area contributed by atoms with E-state index in [0.717, 1.165) is 29.6 Å². The van der Waals surface area contributed by atoms with Gasteiger partial charge in [-0.3, -0.25) is 5.10 Å². The topological polar surface area (TPSA) is 64.2 Å². The Morgan fingerprint density at radius 3 is 3.11 bits per heavy atom. The van der Waals surface area contributed by atoms with Gasteiger partial charge in [-0.05, 0) is 30.2 Å². The second kappa shape index (κ2) is 4.85. The average molecular weight is 258 g/mol. The highest BCUT2D eigenvalue weighted by Crippen LogP contribution is 2.27. The number of aromatic nitrogens is 2. The summed E-state index contributed by atoms with van der Waals surface area (Å²) in [4.78, 5) is 11.5. The third kappa shape index (κ3) is 2.13. The Labute approximate surface area is 110 Å². The zero-order valence-electron chi connectivity index (χ0n) is 10.6. The summed E-state index contributed by atoms with van der Waals surface area (Å²) in [5.74, 6) is -0.344. The highest BCUT2D eigenvalue weighted by molar-refractivity contribution is 5.97. The Morgan fingerprint density at radius 1 is 1.47 bits per heavy atom. The number of nitrogens with one attached hydrogen (secondary N) is 1. The van der Waals surface area contributed by atoms with Gasteiger partial charge in [0, 0.05) is 5.39 Å². The maximum absolute atomic E-state index is 11.5. The number of hydrogen-bond donors (Lipinski definition) is 1. The molecule has 5 nitrogen and oxygen atoms in total. The normalized spacial score (nSPS) is 15.3. The minimum atomic E-state index is -0.344. The Kier molecular flexibility index (Phi) is 3.05. The molecule has 0 unspecified atom stereocenters. The van der Waals surface area contributed by atoms with Crippen molar-refractivity contribution in [1.29, 1.82) is 0 Å². The van der Waals surface area contributed by atoms with Crippen molar-refractivity contribution >= 4 is 22.4 Å². The van der Waals surface area contributed by atoms with Gasteiger partial charge < -0.3 is 9.47 Å². The summed E-state index contributed by atoms with van der Waals surface area (Å²) < 4.78 is 10.0. The molecule has 0 amide bonds. The van der Waals surface area contributed by atoms with Crippen molar-refractivity contribution in [2.24, 2.45) is 0 Å². The summed E-state index contributed by atoms with van der Waals surface area (Å²) >= 11 is 0. The number of ether oxygens (including phenoxy) is 2. The van der Waals surface area contributed by atoms with Gasteiger partial charge >= 0.3 is 5.97 Å². The third-order valence-corrected chi connectivity index (χ3v) is 3.25. The molecule has 2 aromatic rings. The molecule has 0 spiro atoms. The number of carbonyl (C=O) groups is 1. The first-order valence-electron chi connectivity index (χ1n) is 6.13. The molecule has 0 atom stereocenters. The number of methoxy groups -OCH3 is 1. The van der Waals surface area contributed by atoms with Crippen LogP contribution in [0.15, 0.2) is 24.3 Å². The van der Waals surface area contributed by atoms with Gasteiger partial charge in [-0.2, -0.15) is 5.10 Å². The molecule has 0 radical (unpaired) electrons. The van der Waals surface area contributed by atoms with Crippen molar-refractivity contribution in [3.8, 4) is 0 Å². The summed E-state index contributed by atoms with van der Waals surface area (Å²) in [5.41, 5.74) is 3.48. The minimum Gasteiger partial charge on any atom is -0.465 e. The number of carbonyl (C=O) groups excluding carboxylic acids is 1. The molecule has 5 heteroatoms. The van der Waals surface area contributed by atoms with E-state index in [9.17, 15) is 4.79 Å². The standard InChI is InChI=1S/C14H14N2O3/c1-18-14(17)10-2-3-11-12(8-10)15-16-13(11)9-4-6-19-7-5-9/h2-4,8H,5-7H2,1H3,(H,15,16). The van der Waals surface area contributed by atoms with Gasteiger partial charge in [0.1, 0.15) is 0 Å². The Bertz CT molecular complexity index is 658. The van der Waals surface area contributed by atoms with E-state index < -0.39 is 0 Å². The van der Waals surface area contributed by atoms with Crippen LogP contribution in [0.25, 0.3) is 16.5 Å². The zero-order chi connectivity index (χ0) is 13.2. The highest BCUT2D eigenvalue weighted by atomic mass is 16.5. The lowest BCUT2D eigenvalue weighted by Gasteiger charge is -2.11. The third-order valence-electron chi connectivity index (χ3n) is 3.25. The quantitative estimate of drug-likeness (QED) is 0.838. The number of benzene rings is 1. The molecule has 1 aromatic heterocycles. The summed E-state index contributed by atoms with van der Waals surface area (Å²) in [7, 11) is 1.37. The predicted octanol–water partition coefficient (Wildman–Crippen LogP) is 2.15. The maximum atomic E-state index is 11.5. The summed E-state index contributed by atoms with van der Waals surface area (Å²) in [6.07, 6.45) is 2.91. The molecule has 1 aromatic carbocycles. The number of aromatic amines is 1. The van der Waals surface area contributed by atoms with Crippen molar-refractivity contribution in [2.45, 2.75) is 6.42 Å². The van der Waals surface area contributed by atoms with Crippen LogP contribution in [-0.2, 0) is 9.47 Å². The van der Waals surface area contributed by atoms with Gasteiger partial charge in [0.15, 0.2) is 0 Å². The lowest BCUT2D eigenvalue weighted by atomic mass is 10.0. The van der Waals surface area contributed by atoms with Crippen molar-refractivity contribution in [3.63, 3.8) is 0 Å². The molecular weight excluding hydrogens is 244 g/mol. The van der Waals surface area contributed by atoms with Crippen LogP contribution in [0.2, 0.25) is 0 Å². The second-order valence-electron chi connectivity index (χ2n) is 4.38. The number of H-pyrrole nitrogens is 1. The van der Waals surface area contributed by atoms with E-state index in [1.807, 2.05) is 12.1 Å². The van der Waals surface area contributed by atoms with Gasteiger partial charge in [-0.25, -0.2) is 4.79 Å². The number of nitrogens with zero attached hydrogens (tertiary/aromatic N) is 1. The molecule has 3 rings (SSSR count). The maximum Gasteiger partial charge on any atom is 0.337 e. The zero-order valence-corrected chi connectivity index (χ0v) is 10.6. The second-order valence-corrected chi connectivity index (χ2v) is 4.38. The fourth-order valence-corrected chi connectivity index (χ4v) is 2.25. The van der Waals surface area contributed by atoms with Crippen LogP contribution >= 0.6 is 0 Å². The molecule has 0 bridgehead atoms. The minimum absolute atomic E-state index is 0.344. The lowest BCUT2D eigenvalue weighted by Crippen LogP contribution is -2.04. The predicted molar refractivity (Wildman–Crippen MR) is 70.8 cm³/mol. The van der Waals surface area contributed by atoms with Crippen LogP contribution in [0.4, 0.5) is 0 Å². The fourth-order valence-electron chi connectivity index (χ4n) is 2.25. The molecule has 1 aliphatic rings. The lowest BCUT2D eigenvalue weighted by molar-refractivity contribution is 0.0601. The summed E-state index contributed by atoms with van der Waals surface area (Å²) in [5, 5.41) is 8.32. The first-order valence-corrected chi connectivity index (χ1v) is 6.13. The Hall–Kier alpha value is -2.14. The average Bonchev–Trinajstić information content (AvgIpc) is 2.90. The van der Waals surface area contributed by atoms with Gasteiger partial charge in [0.25, 0.3) is 0 Å². The van der Waals surface area contributed by atoms with E-state index in [2.05, 4.69) is 10.2 Å². The van der Waals surface area contributed by atoms with Gasteiger partial charge in [0.2, 0.25) is 0 Å². The molecule has 1 aliphatic heterocycles. The molecule has 0 aliphatic carbocycles. The molecule has 0 saturated carbocycles. The molecule has 2 heterocycles. The van der Waals surface area contributed by atoms with Crippen LogP contribution in [0, 0.1) is 0 Å². The molecule has 19 heavy (non-hydrogen) atoms. The first kappa shape index (κ1) is 11.9. The molecule has 0 saturated heterocycles. The molecule has 98 valence electrons. The van der Waals surface area contributed by atoms with E-state index in [0.29, 0.717) is 12.2 Å². The molecule has 1 N–H and O–H groups in total. The van der Waals surface area contributed by atoms with Gasteiger partial charge in [-0.1, -0.05) is 6.08 Å². The van der Waals surface area contributed by atoms with Crippen molar-refractivity contribution in [2.75, 3.05) is 20.3 Å². The van der Waals surface area contributed by atoms with Crippen molar-refractivity contribution < 1.29 is 14.3 Å². The SMILES string of the molecule is COC(=O)c1ccc2c(C3=CCOCC3)n[nH]c2c1. The number of fused-ring (bicyclic) bond motifs is 1. The van der Waals surface area contributed by atoms with Crippen molar-refractivity contribution in [3.05, 3.63) is 35.5 Å². The van der Waals surface area contributed by atoms with Gasteiger partial charge in [-0.15, -0.1) is 0 Å². The number of rotatable bonds is 2. The van der Waals surface area contributed by atoms with E-state index in [4.69, 9.17) is 9.47 Å². The van der Waals surface area contributed by atoms with E-state index in [1.54, 1.807) is 12.1 Å². The summed E-state index contributed by atoms with van der Waals surface area (Å²) in [6, 6.07) is 5.42. The largest absolute Gasteiger partial charge is 0.465 e. The van der Waals surface area contributed by atoms with Crippen LogP contribution in [0.3, 0.4) is 0 Å². The number of hydrogen-bond acceptors (Lipinski definition) is 4. The van der Waals surface area contributed by atoms with E-state index in [1.165, 1.54) is 12.7 Å². The highest BCUT2D eigenvalue weighted by Gasteiger charge is 2.14. The first-order chi connectivity index (χ1) is 9.29. The van der Waals surface area contributed by atoms with Crippen LogP contribution in [0.5, 0.6) is 0 Å². The Balaban J connectivity index is 2.04. The van der Waals surface area contributed by atoms with Gasteiger partial charge in [0.05, 0.1) is 37.1 Å². The smallest absolute Gasteiger partial charge is 0.337 e. The van der Waals surface area contributed by atoms with Crippen molar-refractivity contribution in [1.82, 2.24) is 10.2 Å². The molecule has 0 fully saturated rings. The van der Waals surface area contributed by atoms with Crippen LogP contribution < -0.4 is 0 Å².